The van der Waals surface area contributed by atoms with E-state index < -0.39 is 17.7 Å². The second kappa shape index (κ2) is 5.74. The van der Waals surface area contributed by atoms with E-state index in [0.717, 1.165) is 29.7 Å². The number of hydrogen-bond acceptors (Lipinski definition) is 5. The van der Waals surface area contributed by atoms with Crippen LogP contribution >= 0.6 is 11.5 Å². The maximum atomic E-state index is 13.6. The Hall–Kier alpha value is -2.35. The molecule has 1 aromatic heterocycles. The van der Waals surface area contributed by atoms with Crippen molar-refractivity contribution in [2.75, 3.05) is 5.32 Å². The molecule has 0 aliphatic rings. The van der Waals surface area contributed by atoms with E-state index in [-0.39, 0.29) is 16.1 Å². The number of hydrogen-bond donors (Lipinski definition) is 2. The van der Waals surface area contributed by atoms with Crippen LogP contribution in [0.3, 0.4) is 0 Å². The molecule has 0 radical (unpaired) electrons. The average Bonchev–Trinajstić information content (AvgIpc) is 2.89. The summed E-state index contributed by atoms with van der Waals surface area (Å²) in [6.07, 6.45) is 0.525. The first-order valence-electron chi connectivity index (χ1n) is 5.68. The van der Waals surface area contributed by atoms with Crippen molar-refractivity contribution in [2.45, 2.75) is 13.3 Å². The number of carbonyl (C=O) groups is 2. The fourth-order valence-electron chi connectivity index (χ4n) is 1.55. The number of aryl methyl sites for hydroxylation is 1. The molecule has 8 heteroatoms. The summed E-state index contributed by atoms with van der Waals surface area (Å²) in [7, 11) is 0. The van der Waals surface area contributed by atoms with Crippen LogP contribution in [0.4, 0.5) is 10.1 Å². The van der Waals surface area contributed by atoms with Crippen molar-refractivity contribution in [1.29, 1.82) is 0 Å². The Morgan fingerprint density at radius 3 is 2.85 bits per heavy atom. The SMILES string of the molecule is CCc1nnsc1C(=O)Nc1cc(C(=O)O)ccc1F. The van der Waals surface area contributed by atoms with Gasteiger partial charge in [-0.1, -0.05) is 11.4 Å². The van der Waals surface area contributed by atoms with Crippen molar-refractivity contribution in [3.05, 3.63) is 40.2 Å². The van der Waals surface area contributed by atoms with Gasteiger partial charge < -0.3 is 10.4 Å². The van der Waals surface area contributed by atoms with Gasteiger partial charge in [0.05, 0.1) is 16.9 Å². The molecule has 0 aliphatic carbocycles. The minimum Gasteiger partial charge on any atom is -0.478 e. The number of benzene rings is 1. The average molecular weight is 295 g/mol. The summed E-state index contributed by atoms with van der Waals surface area (Å²) in [6, 6.07) is 3.18. The zero-order chi connectivity index (χ0) is 14.7. The molecule has 0 aliphatic heterocycles. The summed E-state index contributed by atoms with van der Waals surface area (Å²) in [6.45, 7) is 1.82. The van der Waals surface area contributed by atoms with E-state index in [9.17, 15) is 14.0 Å². The number of carboxylic acid groups (broad SMARTS) is 1. The molecule has 2 rings (SSSR count). The number of nitrogens with zero attached hydrogens (tertiary/aromatic N) is 2. The molecule has 6 nitrogen and oxygen atoms in total. The Balaban J connectivity index is 2.28. The van der Waals surface area contributed by atoms with Crippen molar-refractivity contribution < 1.29 is 19.1 Å². The van der Waals surface area contributed by atoms with E-state index in [1.165, 1.54) is 0 Å². The third-order valence-corrected chi connectivity index (χ3v) is 3.33. The Morgan fingerprint density at radius 2 is 2.20 bits per heavy atom. The van der Waals surface area contributed by atoms with Gasteiger partial charge in [-0.25, -0.2) is 9.18 Å². The molecule has 0 bridgehead atoms. The molecular weight excluding hydrogens is 285 g/mol. The normalized spacial score (nSPS) is 10.3. The second-order valence-electron chi connectivity index (χ2n) is 3.86. The van der Waals surface area contributed by atoms with E-state index in [2.05, 4.69) is 14.9 Å². The summed E-state index contributed by atoms with van der Waals surface area (Å²) < 4.78 is 17.2. The molecule has 0 atom stereocenters. The lowest BCUT2D eigenvalue weighted by atomic mass is 10.2. The number of halogens is 1. The molecule has 1 heterocycles. The molecule has 1 aromatic carbocycles. The quantitative estimate of drug-likeness (QED) is 0.902. The van der Waals surface area contributed by atoms with E-state index in [1.807, 2.05) is 6.92 Å². The van der Waals surface area contributed by atoms with Gasteiger partial charge in [0.2, 0.25) is 0 Å². The van der Waals surface area contributed by atoms with Crippen LogP contribution in [0.25, 0.3) is 0 Å². The number of carbonyl (C=O) groups excluding carboxylic acids is 1. The molecule has 104 valence electrons. The smallest absolute Gasteiger partial charge is 0.335 e. The van der Waals surface area contributed by atoms with Crippen LogP contribution in [0.2, 0.25) is 0 Å². The highest BCUT2D eigenvalue weighted by molar-refractivity contribution is 7.08. The summed E-state index contributed by atoms with van der Waals surface area (Å²) in [5.41, 5.74) is 0.215. The summed E-state index contributed by atoms with van der Waals surface area (Å²) in [4.78, 5) is 23.1. The molecule has 2 N–H and O–H groups in total. The van der Waals surface area contributed by atoms with E-state index >= 15 is 0 Å². The first-order chi connectivity index (χ1) is 9.52. The largest absolute Gasteiger partial charge is 0.478 e. The minimum absolute atomic E-state index is 0.111. The fraction of sp³-hybridized carbons (Fsp3) is 0.167. The van der Waals surface area contributed by atoms with Crippen molar-refractivity contribution >= 4 is 29.1 Å². The second-order valence-corrected chi connectivity index (χ2v) is 4.61. The molecule has 0 spiro atoms. The van der Waals surface area contributed by atoms with Gasteiger partial charge in [0.15, 0.2) is 0 Å². The number of nitrogens with one attached hydrogen (secondary N) is 1. The van der Waals surface area contributed by atoms with E-state index in [4.69, 9.17) is 5.11 Å². The standard InChI is InChI=1S/C12H10FN3O3S/c1-2-8-10(20-16-15-8)11(17)14-9-5-6(12(18)19)3-4-7(9)13/h3-5H,2H2,1H3,(H,14,17)(H,18,19). The van der Waals surface area contributed by atoms with E-state index in [0.29, 0.717) is 12.1 Å². The number of rotatable bonds is 4. The molecular formula is C12H10FN3O3S. The van der Waals surface area contributed by atoms with Crippen LogP contribution in [-0.4, -0.2) is 26.6 Å². The third kappa shape index (κ3) is 2.80. The first-order valence-corrected chi connectivity index (χ1v) is 6.45. The number of amides is 1. The van der Waals surface area contributed by atoms with E-state index in [1.54, 1.807) is 0 Å². The number of aromatic nitrogens is 2. The zero-order valence-corrected chi connectivity index (χ0v) is 11.2. The Labute approximate surface area is 117 Å². The summed E-state index contributed by atoms with van der Waals surface area (Å²) in [5.74, 6) is -2.47. The first kappa shape index (κ1) is 14.1. The molecule has 0 saturated heterocycles. The molecule has 1 amide bonds. The van der Waals surface area contributed by atoms with Crippen molar-refractivity contribution in [3.8, 4) is 0 Å². The van der Waals surface area contributed by atoms with Crippen LogP contribution in [-0.2, 0) is 6.42 Å². The zero-order valence-electron chi connectivity index (χ0n) is 10.4. The molecule has 20 heavy (non-hydrogen) atoms. The van der Waals surface area contributed by atoms with Crippen molar-refractivity contribution in [2.24, 2.45) is 0 Å². The van der Waals surface area contributed by atoms with Crippen molar-refractivity contribution in [1.82, 2.24) is 9.59 Å². The lowest BCUT2D eigenvalue weighted by Crippen LogP contribution is -2.14. The lowest BCUT2D eigenvalue weighted by Gasteiger charge is -2.06. The van der Waals surface area contributed by atoms with Gasteiger partial charge in [-0.2, -0.15) is 0 Å². The topological polar surface area (TPSA) is 92.2 Å². The highest BCUT2D eigenvalue weighted by Gasteiger charge is 2.17. The van der Waals surface area contributed by atoms with Crippen LogP contribution in [0.15, 0.2) is 18.2 Å². The van der Waals surface area contributed by atoms with Crippen molar-refractivity contribution in [3.63, 3.8) is 0 Å². The Morgan fingerprint density at radius 1 is 1.45 bits per heavy atom. The Bertz CT molecular complexity index is 672. The maximum absolute atomic E-state index is 13.6. The molecule has 0 saturated carbocycles. The van der Waals surface area contributed by atoms with Gasteiger partial charge in [0.25, 0.3) is 5.91 Å². The van der Waals surface area contributed by atoms with Crippen LogP contribution in [0.5, 0.6) is 0 Å². The highest BCUT2D eigenvalue weighted by atomic mass is 32.1. The van der Waals surface area contributed by atoms with Gasteiger partial charge in [0, 0.05) is 0 Å². The monoisotopic (exact) mass is 295 g/mol. The summed E-state index contributed by atoms with van der Waals surface area (Å²) >= 11 is 0.906. The van der Waals surface area contributed by atoms with Gasteiger partial charge in [-0.15, -0.1) is 5.10 Å². The molecule has 0 unspecified atom stereocenters. The van der Waals surface area contributed by atoms with Crippen LogP contribution in [0.1, 0.15) is 32.6 Å². The number of carboxylic acids is 1. The van der Waals surface area contributed by atoms with Crippen LogP contribution in [0, 0.1) is 5.82 Å². The summed E-state index contributed by atoms with van der Waals surface area (Å²) in [5, 5.41) is 15.0. The fourth-order valence-corrected chi connectivity index (χ4v) is 2.19. The molecule has 2 aromatic rings. The maximum Gasteiger partial charge on any atom is 0.335 e. The Kier molecular flexibility index (Phi) is 4.04. The van der Waals surface area contributed by atoms with Gasteiger partial charge >= 0.3 is 5.97 Å². The number of aromatic carboxylic acids is 1. The predicted octanol–water partition coefficient (Wildman–Crippen LogP) is 2.19. The lowest BCUT2D eigenvalue weighted by molar-refractivity contribution is 0.0696. The highest BCUT2D eigenvalue weighted by Crippen LogP contribution is 2.19. The third-order valence-electron chi connectivity index (χ3n) is 2.56. The molecule has 0 fully saturated rings. The van der Waals surface area contributed by atoms with Gasteiger partial charge in [-0.3, -0.25) is 4.79 Å². The minimum atomic E-state index is -1.20. The van der Waals surface area contributed by atoms with Gasteiger partial charge in [-0.05, 0) is 36.2 Å². The number of anilines is 1. The van der Waals surface area contributed by atoms with Crippen LogP contribution < -0.4 is 5.32 Å². The van der Waals surface area contributed by atoms with Gasteiger partial charge in [0.1, 0.15) is 10.7 Å². The predicted molar refractivity (Wildman–Crippen MR) is 70.6 cm³/mol.